The summed E-state index contributed by atoms with van der Waals surface area (Å²) in [7, 11) is 0. The molecule has 0 amide bonds. The number of aryl methyl sites for hydroxylation is 1. The van der Waals surface area contributed by atoms with Gasteiger partial charge in [-0.1, -0.05) is 25.1 Å². The van der Waals surface area contributed by atoms with Crippen LogP contribution in [0, 0.1) is 12.8 Å². The third-order valence-corrected chi connectivity index (χ3v) is 3.78. The highest BCUT2D eigenvalue weighted by Crippen LogP contribution is 2.29. The number of hydrogen-bond acceptors (Lipinski definition) is 3. The Labute approximate surface area is 103 Å². The molecular formula is C14H22N2O. The summed E-state index contributed by atoms with van der Waals surface area (Å²) >= 11 is 0. The highest BCUT2D eigenvalue weighted by molar-refractivity contribution is 5.59. The number of β-amino-alcohol motifs (C(OH)–C–C–N with tert-alkyl or cyclic N) is 1. The molecule has 1 saturated heterocycles. The summed E-state index contributed by atoms with van der Waals surface area (Å²) in [6, 6.07) is 6.23. The standard InChI is InChI=1S/C14H22N2O/c1-10-6-7-16(9-13(10)17)14-11(2)4-3-5-12(14)8-15/h3-5,10,13,17H,6-9,15H2,1-2H3. The van der Waals surface area contributed by atoms with E-state index in [0.717, 1.165) is 19.5 Å². The molecule has 0 aromatic heterocycles. The number of benzene rings is 1. The van der Waals surface area contributed by atoms with Gasteiger partial charge in [0.15, 0.2) is 0 Å². The van der Waals surface area contributed by atoms with E-state index in [1.54, 1.807) is 0 Å². The van der Waals surface area contributed by atoms with Crippen molar-refractivity contribution in [3.63, 3.8) is 0 Å². The normalized spacial score (nSPS) is 25.1. The Morgan fingerprint density at radius 2 is 2.24 bits per heavy atom. The molecule has 0 saturated carbocycles. The lowest BCUT2D eigenvalue weighted by molar-refractivity contribution is 0.103. The molecule has 3 heteroatoms. The van der Waals surface area contributed by atoms with Crippen LogP contribution in [0.15, 0.2) is 18.2 Å². The van der Waals surface area contributed by atoms with Crippen molar-refractivity contribution in [1.82, 2.24) is 0 Å². The average molecular weight is 234 g/mol. The fourth-order valence-corrected chi connectivity index (χ4v) is 2.59. The Morgan fingerprint density at radius 1 is 1.47 bits per heavy atom. The number of piperidine rings is 1. The van der Waals surface area contributed by atoms with Crippen molar-refractivity contribution in [1.29, 1.82) is 0 Å². The molecule has 3 N–H and O–H groups in total. The zero-order valence-corrected chi connectivity index (χ0v) is 10.7. The Morgan fingerprint density at radius 3 is 2.88 bits per heavy atom. The molecule has 1 fully saturated rings. The minimum atomic E-state index is -0.228. The van der Waals surface area contributed by atoms with E-state index in [9.17, 15) is 5.11 Å². The molecule has 0 spiro atoms. The molecule has 1 aliphatic rings. The summed E-state index contributed by atoms with van der Waals surface area (Å²) in [5.41, 5.74) is 9.44. The van der Waals surface area contributed by atoms with Crippen LogP contribution in [0.4, 0.5) is 5.69 Å². The van der Waals surface area contributed by atoms with Crippen molar-refractivity contribution in [3.05, 3.63) is 29.3 Å². The number of nitrogens with zero attached hydrogens (tertiary/aromatic N) is 1. The van der Waals surface area contributed by atoms with Crippen LogP contribution in [0.1, 0.15) is 24.5 Å². The van der Waals surface area contributed by atoms with Crippen molar-refractivity contribution < 1.29 is 5.11 Å². The lowest BCUT2D eigenvalue weighted by atomic mass is 9.94. The van der Waals surface area contributed by atoms with Gasteiger partial charge in [0.1, 0.15) is 0 Å². The summed E-state index contributed by atoms with van der Waals surface area (Å²) in [5.74, 6) is 0.400. The monoisotopic (exact) mass is 234 g/mol. The maximum atomic E-state index is 9.99. The first-order valence-electron chi connectivity index (χ1n) is 6.35. The number of rotatable bonds is 2. The molecule has 1 aliphatic heterocycles. The zero-order valence-electron chi connectivity index (χ0n) is 10.7. The lowest BCUT2D eigenvalue weighted by Gasteiger charge is -2.37. The molecule has 2 unspecified atom stereocenters. The molecule has 2 rings (SSSR count). The predicted molar refractivity (Wildman–Crippen MR) is 71.1 cm³/mol. The molecule has 2 atom stereocenters. The van der Waals surface area contributed by atoms with Gasteiger partial charge in [0.2, 0.25) is 0 Å². The van der Waals surface area contributed by atoms with E-state index in [0.29, 0.717) is 12.5 Å². The summed E-state index contributed by atoms with van der Waals surface area (Å²) in [6.45, 7) is 6.51. The second-order valence-electron chi connectivity index (χ2n) is 5.07. The molecule has 0 bridgehead atoms. The second-order valence-corrected chi connectivity index (χ2v) is 5.07. The first kappa shape index (κ1) is 12.4. The quantitative estimate of drug-likeness (QED) is 0.818. The molecule has 3 nitrogen and oxygen atoms in total. The first-order chi connectivity index (χ1) is 8.13. The SMILES string of the molecule is Cc1cccc(CN)c1N1CCC(C)C(O)C1. The number of anilines is 1. The van der Waals surface area contributed by atoms with Crippen molar-refractivity contribution >= 4 is 5.69 Å². The Hall–Kier alpha value is -1.06. The second kappa shape index (κ2) is 5.07. The van der Waals surface area contributed by atoms with Crippen LogP contribution in [0.2, 0.25) is 0 Å². The van der Waals surface area contributed by atoms with Gasteiger partial charge in [-0.25, -0.2) is 0 Å². The Bertz CT molecular complexity index is 392. The maximum absolute atomic E-state index is 9.99. The van der Waals surface area contributed by atoms with E-state index in [1.165, 1.54) is 16.8 Å². The fraction of sp³-hybridized carbons (Fsp3) is 0.571. The van der Waals surface area contributed by atoms with Crippen LogP contribution in [0.25, 0.3) is 0 Å². The van der Waals surface area contributed by atoms with Gasteiger partial charge >= 0.3 is 0 Å². The molecule has 1 heterocycles. The Balaban J connectivity index is 2.28. The largest absolute Gasteiger partial charge is 0.391 e. The highest BCUT2D eigenvalue weighted by atomic mass is 16.3. The number of para-hydroxylation sites is 1. The average Bonchev–Trinajstić information content (AvgIpc) is 2.32. The van der Waals surface area contributed by atoms with E-state index in [4.69, 9.17) is 5.73 Å². The predicted octanol–water partition coefficient (Wildman–Crippen LogP) is 1.66. The van der Waals surface area contributed by atoms with Crippen LogP contribution < -0.4 is 10.6 Å². The van der Waals surface area contributed by atoms with E-state index in [1.807, 2.05) is 6.07 Å². The van der Waals surface area contributed by atoms with Gasteiger partial charge in [-0.05, 0) is 30.4 Å². The number of hydrogen-bond donors (Lipinski definition) is 2. The molecule has 1 aromatic carbocycles. The summed E-state index contributed by atoms with van der Waals surface area (Å²) in [5, 5.41) is 9.99. The molecule has 17 heavy (non-hydrogen) atoms. The topological polar surface area (TPSA) is 49.5 Å². The fourth-order valence-electron chi connectivity index (χ4n) is 2.59. The third kappa shape index (κ3) is 2.45. The third-order valence-electron chi connectivity index (χ3n) is 3.78. The first-order valence-corrected chi connectivity index (χ1v) is 6.35. The van der Waals surface area contributed by atoms with Crippen molar-refractivity contribution in [3.8, 4) is 0 Å². The van der Waals surface area contributed by atoms with E-state index >= 15 is 0 Å². The molecule has 1 aromatic rings. The van der Waals surface area contributed by atoms with E-state index in [2.05, 4.69) is 30.9 Å². The molecular weight excluding hydrogens is 212 g/mol. The van der Waals surface area contributed by atoms with E-state index in [-0.39, 0.29) is 6.10 Å². The summed E-state index contributed by atoms with van der Waals surface area (Å²) in [4.78, 5) is 2.28. The van der Waals surface area contributed by atoms with Crippen LogP contribution in [-0.4, -0.2) is 24.3 Å². The van der Waals surface area contributed by atoms with Gasteiger partial charge in [-0.15, -0.1) is 0 Å². The van der Waals surface area contributed by atoms with Crippen LogP contribution in [-0.2, 0) is 6.54 Å². The molecule has 0 radical (unpaired) electrons. The van der Waals surface area contributed by atoms with Gasteiger partial charge in [-0.2, -0.15) is 0 Å². The number of nitrogens with two attached hydrogens (primary N) is 1. The summed E-state index contributed by atoms with van der Waals surface area (Å²) < 4.78 is 0. The van der Waals surface area contributed by atoms with Crippen LogP contribution >= 0.6 is 0 Å². The van der Waals surface area contributed by atoms with Gasteiger partial charge in [-0.3, -0.25) is 0 Å². The minimum absolute atomic E-state index is 0.228. The minimum Gasteiger partial charge on any atom is -0.391 e. The lowest BCUT2D eigenvalue weighted by Crippen LogP contribution is -2.43. The number of aliphatic hydroxyl groups is 1. The van der Waals surface area contributed by atoms with Gasteiger partial charge in [0, 0.05) is 25.3 Å². The molecule has 94 valence electrons. The number of aliphatic hydroxyl groups excluding tert-OH is 1. The van der Waals surface area contributed by atoms with Gasteiger partial charge in [0.25, 0.3) is 0 Å². The summed E-state index contributed by atoms with van der Waals surface area (Å²) in [6.07, 6.45) is 0.813. The maximum Gasteiger partial charge on any atom is 0.0741 e. The highest BCUT2D eigenvalue weighted by Gasteiger charge is 2.26. The van der Waals surface area contributed by atoms with Crippen molar-refractivity contribution in [2.24, 2.45) is 11.7 Å². The van der Waals surface area contributed by atoms with Crippen molar-refractivity contribution in [2.75, 3.05) is 18.0 Å². The van der Waals surface area contributed by atoms with Crippen molar-refractivity contribution in [2.45, 2.75) is 32.9 Å². The van der Waals surface area contributed by atoms with Gasteiger partial charge < -0.3 is 15.7 Å². The Kier molecular flexibility index (Phi) is 3.69. The zero-order chi connectivity index (χ0) is 12.4. The smallest absolute Gasteiger partial charge is 0.0741 e. The van der Waals surface area contributed by atoms with E-state index < -0.39 is 0 Å². The van der Waals surface area contributed by atoms with Crippen LogP contribution in [0.5, 0.6) is 0 Å². The molecule has 0 aliphatic carbocycles. The van der Waals surface area contributed by atoms with Gasteiger partial charge in [0.05, 0.1) is 6.10 Å². The van der Waals surface area contributed by atoms with Crippen LogP contribution in [0.3, 0.4) is 0 Å².